The van der Waals surface area contributed by atoms with E-state index in [1.807, 2.05) is 48.5 Å². The molecule has 7 rings (SSSR count). The van der Waals surface area contributed by atoms with E-state index in [9.17, 15) is 79.3 Å². The Kier molecular flexibility index (Phi) is 24.6. The van der Waals surface area contributed by atoms with Crippen LogP contribution >= 0.6 is 0 Å². The highest BCUT2D eigenvalue weighted by Crippen LogP contribution is 2.30. The smallest absolute Gasteiger partial charge is 0.251 e. The normalized spacial score (nSPS) is 26.3. The lowest BCUT2D eigenvalue weighted by molar-refractivity contribution is -0.148. The largest absolute Gasteiger partial charge is 0.508 e. The molecule has 3 fully saturated rings. The molecule has 27 heteroatoms. The van der Waals surface area contributed by atoms with Crippen molar-refractivity contribution in [2.24, 2.45) is 11.1 Å². The fraction of sp³-hybridized carbons (Fsp3) is 0.500. The molecule has 15 atom stereocenters. The highest BCUT2D eigenvalue weighted by molar-refractivity contribution is 6.00. The molecule has 0 saturated carbocycles. The monoisotopic (exact) mass is 1240 g/mol. The van der Waals surface area contributed by atoms with Gasteiger partial charge in [0.2, 0.25) is 35.4 Å². The van der Waals surface area contributed by atoms with Crippen molar-refractivity contribution in [2.45, 2.75) is 145 Å². The van der Waals surface area contributed by atoms with Crippen LogP contribution in [-0.4, -0.2) is 217 Å². The summed E-state index contributed by atoms with van der Waals surface area (Å²) in [5.74, 6) is -8.53. The number of hydrogen-bond donors (Lipinski definition) is 14. The average molecular weight is 1240 g/mol. The molecule has 3 aliphatic rings. The lowest BCUT2D eigenvalue weighted by Crippen LogP contribution is -2.64. The summed E-state index contributed by atoms with van der Waals surface area (Å²) in [4.78, 5) is 117. The van der Waals surface area contributed by atoms with Crippen molar-refractivity contribution in [1.82, 2.24) is 41.7 Å². The molecule has 3 aliphatic heterocycles. The highest BCUT2D eigenvalue weighted by Gasteiger charge is 2.50. The van der Waals surface area contributed by atoms with Crippen LogP contribution in [0.3, 0.4) is 0 Å². The van der Waals surface area contributed by atoms with Gasteiger partial charge in [-0.15, -0.1) is 0 Å². The summed E-state index contributed by atoms with van der Waals surface area (Å²) in [6.45, 7) is 4.70. The molecule has 3 saturated heterocycles. The number of ether oxygens (including phenoxy) is 2. The Balaban J connectivity index is 1.24. The maximum absolute atomic E-state index is 14.9. The molecular formula is C62H81N9O18. The zero-order chi connectivity index (χ0) is 64.6. The van der Waals surface area contributed by atoms with Gasteiger partial charge in [0, 0.05) is 44.0 Å². The van der Waals surface area contributed by atoms with Gasteiger partial charge in [-0.25, -0.2) is 0 Å². The van der Waals surface area contributed by atoms with Crippen LogP contribution < -0.4 is 36.6 Å². The highest BCUT2D eigenvalue weighted by atomic mass is 16.5. The molecule has 6 unspecified atom stereocenters. The van der Waals surface area contributed by atoms with Crippen molar-refractivity contribution in [3.05, 3.63) is 113 Å². The van der Waals surface area contributed by atoms with E-state index in [1.54, 1.807) is 12.1 Å². The summed E-state index contributed by atoms with van der Waals surface area (Å²) >= 11 is 0. The van der Waals surface area contributed by atoms with E-state index in [2.05, 4.69) is 44.0 Å². The molecule has 4 aromatic carbocycles. The van der Waals surface area contributed by atoms with Gasteiger partial charge in [-0.1, -0.05) is 92.5 Å². The van der Waals surface area contributed by atoms with Crippen LogP contribution in [0.1, 0.15) is 81.8 Å². The molecule has 0 aliphatic carbocycles. The summed E-state index contributed by atoms with van der Waals surface area (Å²) in [6.07, 6.45) is -10.8. The number of fused-ring (bicyclic) bond motifs is 2. The number of aromatic hydroxyl groups is 1. The third-order valence-electron chi connectivity index (χ3n) is 16.0. The number of nitroso groups, excluding NO2 is 1. The molecule has 0 aromatic heterocycles. The van der Waals surface area contributed by atoms with Crippen molar-refractivity contribution < 1.29 is 83.9 Å². The first-order valence-electron chi connectivity index (χ1n) is 29.7. The summed E-state index contributed by atoms with van der Waals surface area (Å²) in [7, 11) is 0. The predicted octanol–water partition coefficient (Wildman–Crippen LogP) is -0.547. The molecule has 0 bridgehead atoms. The van der Waals surface area contributed by atoms with Gasteiger partial charge in [-0.2, -0.15) is 4.91 Å². The maximum Gasteiger partial charge on any atom is 0.251 e. The minimum atomic E-state index is -2.31. The summed E-state index contributed by atoms with van der Waals surface area (Å²) in [5, 5.41) is 106. The first kappa shape index (κ1) is 68.5. The topological polar surface area (TPSA) is 408 Å². The third-order valence-corrected chi connectivity index (χ3v) is 16.0. The van der Waals surface area contributed by atoms with E-state index in [0.717, 1.165) is 77.5 Å². The van der Waals surface area contributed by atoms with Crippen LogP contribution in [0.15, 0.2) is 102 Å². The van der Waals surface area contributed by atoms with Crippen LogP contribution in [0.2, 0.25) is 0 Å². The molecule has 14 N–H and O–H groups in total. The SMILES string of the molecule is CCCCCOc1ccc(-c2ccc(-c3ccc(C(=O)N[C@H]4C[C@@H](N=O)C(NCCOCCO)NC(=O)C5[C@@H](O)[C@@H](C)CN5C(=O)C([C@@H](C)O)NC(=O)C([C@H](O)[C@@H](O)c5ccc(O)cc5)NC(=O)C5C[C@@H](O)CN5C(=O)C([C@@H](C)O)NC4=O)cc3)cc2)cc1. The average Bonchev–Trinajstić information content (AvgIpc) is 2.10. The van der Waals surface area contributed by atoms with Gasteiger partial charge in [-0.3, -0.25) is 38.9 Å². The number of aliphatic hydroxyl groups is 7. The number of aliphatic hydroxyl groups excluding tert-OH is 7. The van der Waals surface area contributed by atoms with Crippen molar-refractivity contribution >= 4 is 41.4 Å². The van der Waals surface area contributed by atoms with E-state index in [4.69, 9.17) is 9.47 Å². The van der Waals surface area contributed by atoms with Gasteiger partial charge < -0.3 is 86.7 Å². The van der Waals surface area contributed by atoms with E-state index in [-0.39, 0.29) is 49.8 Å². The number of phenols is 1. The van der Waals surface area contributed by atoms with Crippen molar-refractivity contribution in [3.8, 4) is 33.8 Å². The Bertz CT molecular complexity index is 3050. The fourth-order valence-electron chi connectivity index (χ4n) is 11.0. The Morgan fingerprint density at radius 2 is 1.24 bits per heavy atom. The van der Waals surface area contributed by atoms with Crippen molar-refractivity contribution in [3.63, 3.8) is 0 Å². The van der Waals surface area contributed by atoms with Crippen LogP contribution in [0.25, 0.3) is 22.3 Å². The first-order valence-corrected chi connectivity index (χ1v) is 29.7. The summed E-state index contributed by atoms with van der Waals surface area (Å²) < 4.78 is 11.2. The lowest BCUT2D eigenvalue weighted by atomic mass is 9.96. The molecule has 4 aromatic rings. The number of benzene rings is 4. The lowest BCUT2D eigenvalue weighted by Gasteiger charge is -2.34. The van der Waals surface area contributed by atoms with Gasteiger partial charge in [-0.05, 0) is 84.5 Å². The molecule has 0 radical (unpaired) electrons. The molecule has 27 nitrogen and oxygen atoms in total. The van der Waals surface area contributed by atoms with E-state index >= 15 is 0 Å². The summed E-state index contributed by atoms with van der Waals surface area (Å²) in [6, 6.07) is 13.0. The van der Waals surface area contributed by atoms with Crippen LogP contribution in [-0.2, 0) is 33.5 Å². The molecule has 89 heavy (non-hydrogen) atoms. The Morgan fingerprint density at radius 1 is 0.674 bits per heavy atom. The fourth-order valence-corrected chi connectivity index (χ4v) is 11.0. The van der Waals surface area contributed by atoms with Crippen molar-refractivity contribution in [2.75, 3.05) is 46.1 Å². The maximum atomic E-state index is 14.9. The number of unbranched alkanes of at least 4 members (excludes halogenated alkanes) is 2. The van der Waals surface area contributed by atoms with Crippen molar-refractivity contribution in [1.29, 1.82) is 0 Å². The minimum Gasteiger partial charge on any atom is -0.508 e. The van der Waals surface area contributed by atoms with Crippen LogP contribution in [0.4, 0.5) is 0 Å². The molecule has 3 heterocycles. The van der Waals surface area contributed by atoms with E-state index < -0.39 is 152 Å². The Morgan fingerprint density at radius 3 is 1.81 bits per heavy atom. The van der Waals surface area contributed by atoms with Crippen LogP contribution in [0, 0.1) is 10.8 Å². The summed E-state index contributed by atoms with van der Waals surface area (Å²) in [5.41, 5.74) is 3.35. The zero-order valence-corrected chi connectivity index (χ0v) is 49.9. The van der Waals surface area contributed by atoms with Gasteiger partial charge in [0.05, 0.1) is 50.8 Å². The second-order valence-electron chi connectivity index (χ2n) is 22.7. The van der Waals surface area contributed by atoms with Crippen LogP contribution in [0.5, 0.6) is 11.5 Å². The quantitative estimate of drug-likeness (QED) is 0.0368. The standard InChI is InChI=1S/C62H81N9O18/c1-5-6-7-26-89-44-22-18-39(19-23-44)37-10-8-36(9-11-37)38-12-14-41(15-13-38)56(80)64-46-30-45(69-87)55(63-24-27-88-28-25-72)68-60(84)51-52(77)33(2)31-71(51)62(86)49(35(4)74)66-59(83)50(54(79)53(78)40-16-20-42(75)21-17-40)67-58(82)47-29-43(76)32-70(47)61(85)48(34(3)73)65-57(46)81/h8-23,33-35,43,45-55,63,72-79H,5-7,24-32H2,1-4H3,(H,64,80)(H,65,81)(H,66,83)(H,67,82)(H,68,84)/t33-,34+,35+,43+,45+,46-,47?,48?,49?,50?,51?,52-,53-,54-,55?/m0/s1. The second kappa shape index (κ2) is 32.0. The number of rotatable bonds is 21. The molecular weight excluding hydrogens is 1160 g/mol. The first-order chi connectivity index (χ1) is 42.5. The number of phenolic OH excluding ortho intramolecular Hbond substituents is 1. The second-order valence-corrected chi connectivity index (χ2v) is 22.7. The van der Waals surface area contributed by atoms with E-state index in [1.165, 1.54) is 31.2 Å². The van der Waals surface area contributed by atoms with Gasteiger partial charge in [0.25, 0.3) is 5.91 Å². The minimum absolute atomic E-state index is 0.0109. The van der Waals surface area contributed by atoms with Gasteiger partial charge in [0.15, 0.2) is 0 Å². The number of amides is 7. The number of hydrogen-bond acceptors (Lipinski definition) is 20. The number of carbonyl (C=O) groups excluding carboxylic acids is 7. The number of nitrogens with zero attached hydrogens (tertiary/aromatic N) is 3. The molecule has 7 amide bonds. The Labute approximate surface area is 514 Å². The molecule has 482 valence electrons. The number of nitrogens with one attached hydrogen (secondary N) is 6. The zero-order valence-electron chi connectivity index (χ0n) is 49.9. The number of carbonyl (C=O) groups is 7. The predicted molar refractivity (Wildman–Crippen MR) is 321 cm³/mol. The molecule has 0 spiro atoms. The van der Waals surface area contributed by atoms with Gasteiger partial charge in [0.1, 0.15) is 72.2 Å². The van der Waals surface area contributed by atoms with E-state index in [0.29, 0.717) is 12.2 Å². The Hall–Kier alpha value is -7.99. The van der Waals surface area contributed by atoms with Gasteiger partial charge >= 0.3 is 0 Å². The third kappa shape index (κ3) is 17.5.